The fraction of sp³-hybridized carbons (Fsp3) is 0.458. The first-order chi connectivity index (χ1) is 15.8. The summed E-state index contributed by atoms with van der Waals surface area (Å²) in [5.74, 6) is -0.297. The molecule has 0 aromatic heterocycles. The van der Waals surface area contributed by atoms with Crippen molar-refractivity contribution in [2.75, 3.05) is 49.5 Å². The topological polar surface area (TPSA) is 73.0 Å². The first-order valence-electron chi connectivity index (χ1n) is 11.5. The molecule has 4 rings (SSSR count). The summed E-state index contributed by atoms with van der Waals surface area (Å²) in [6.45, 7) is 9.70. The van der Waals surface area contributed by atoms with Crippen LogP contribution >= 0.6 is 11.6 Å². The molecule has 0 saturated carbocycles. The zero-order valence-corrected chi connectivity index (χ0v) is 20.7. The molecular weight excluding hydrogens is 460 g/mol. The minimum atomic E-state index is -3.77. The van der Waals surface area contributed by atoms with Gasteiger partial charge in [-0.1, -0.05) is 18.5 Å². The van der Waals surface area contributed by atoms with Gasteiger partial charge in [-0.2, -0.15) is 4.31 Å². The van der Waals surface area contributed by atoms with Crippen LogP contribution in [0, 0.1) is 6.92 Å². The quantitative estimate of drug-likeness (QED) is 0.670. The largest absolute Gasteiger partial charge is 0.369 e. The Hall–Kier alpha value is -2.13. The lowest BCUT2D eigenvalue weighted by Gasteiger charge is -2.36. The van der Waals surface area contributed by atoms with Crippen LogP contribution in [0.25, 0.3) is 0 Å². The molecule has 1 amide bonds. The molecule has 178 valence electrons. The predicted octanol–water partition coefficient (Wildman–Crippen LogP) is 3.58. The SMILES string of the molecule is CCN1CCN(c2ccc(NC(=O)[C@@H]3CCCN3S(=O)(=O)c3ccc(Cl)cc3)cc2C)CC1. The molecular formula is C24H31ClN4O3S. The number of piperazine rings is 1. The van der Waals surface area contributed by atoms with Gasteiger partial charge in [-0.05, 0) is 74.3 Å². The third kappa shape index (κ3) is 5.19. The molecule has 0 radical (unpaired) electrons. The van der Waals surface area contributed by atoms with Crippen LogP contribution in [0.5, 0.6) is 0 Å². The van der Waals surface area contributed by atoms with Crippen LogP contribution < -0.4 is 10.2 Å². The number of halogens is 1. The molecule has 2 aliphatic heterocycles. The van der Waals surface area contributed by atoms with Crippen molar-refractivity contribution in [1.82, 2.24) is 9.21 Å². The zero-order valence-electron chi connectivity index (χ0n) is 19.1. The van der Waals surface area contributed by atoms with Crippen LogP contribution in [-0.4, -0.2) is 68.8 Å². The highest BCUT2D eigenvalue weighted by Gasteiger charge is 2.39. The molecule has 2 aromatic rings. The van der Waals surface area contributed by atoms with E-state index in [1.54, 1.807) is 12.1 Å². The summed E-state index contributed by atoms with van der Waals surface area (Å²) in [6, 6.07) is 11.2. The number of nitrogens with one attached hydrogen (secondary N) is 1. The summed E-state index contributed by atoms with van der Waals surface area (Å²) in [5, 5.41) is 3.41. The molecule has 0 unspecified atom stereocenters. The Bertz CT molecular complexity index is 1100. The lowest BCUT2D eigenvalue weighted by atomic mass is 10.1. The van der Waals surface area contributed by atoms with Gasteiger partial charge in [0.1, 0.15) is 6.04 Å². The minimum absolute atomic E-state index is 0.148. The number of benzene rings is 2. The molecule has 2 saturated heterocycles. The second-order valence-electron chi connectivity index (χ2n) is 8.64. The number of nitrogens with zero attached hydrogens (tertiary/aromatic N) is 3. The van der Waals surface area contributed by atoms with E-state index < -0.39 is 16.1 Å². The Balaban J connectivity index is 1.45. The van der Waals surface area contributed by atoms with Crippen LogP contribution in [0.4, 0.5) is 11.4 Å². The number of carbonyl (C=O) groups is 1. The Labute approximate surface area is 201 Å². The molecule has 2 heterocycles. The van der Waals surface area contributed by atoms with Gasteiger partial charge in [-0.25, -0.2) is 8.42 Å². The lowest BCUT2D eigenvalue weighted by molar-refractivity contribution is -0.119. The number of amides is 1. The van der Waals surface area contributed by atoms with E-state index in [0.29, 0.717) is 30.1 Å². The van der Waals surface area contributed by atoms with Gasteiger partial charge in [0.05, 0.1) is 4.90 Å². The number of hydrogen-bond donors (Lipinski definition) is 1. The molecule has 2 aromatic carbocycles. The molecule has 2 fully saturated rings. The van der Waals surface area contributed by atoms with Crippen molar-refractivity contribution < 1.29 is 13.2 Å². The van der Waals surface area contributed by atoms with Crippen molar-refractivity contribution in [1.29, 1.82) is 0 Å². The lowest BCUT2D eigenvalue weighted by Crippen LogP contribution is -2.46. The van der Waals surface area contributed by atoms with Crippen molar-refractivity contribution in [2.24, 2.45) is 0 Å². The van der Waals surface area contributed by atoms with Gasteiger partial charge in [-0.15, -0.1) is 0 Å². The van der Waals surface area contributed by atoms with Crippen LogP contribution in [0.2, 0.25) is 5.02 Å². The van der Waals surface area contributed by atoms with Crippen molar-refractivity contribution in [2.45, 2.75) is 37.6 Å². The summed E-state index contributed by atoms with van der Waals surface area (Å²) >= 11 is 5.90. The third-order valence-electron chi connectivity index (χ3n) is 6.55. The molecule has 0 bridgehead atoms. The normalized spacial score (nSPS) is 20.2. The van der Waals surface area contributed by atoms with E-state index in [1.807, 2.05) is 25.1 Å². The van der Waals surface area contributed by atoms with E-state index in [1.165, 1.54) is 22.1 Å². The van der Waals surface area contributed by atoms with Crippen molar-refractivity contribution in [3.05, 3.63) is 53.1 Å². The number of hydrogen-bond acceptors (Lipinski definition) is 5. The van der Waals surface area contributed by atoms with E-state index in [0.717, 1.165) is 38.3 Å². The Kier molecular flexibility index (Phi) is 7.28. The Morgan fingerprint density at radius 1 is 1.06 bits per heavy atom. The monoisotopic (exact) mass is 490 g/mol. The first-order valence-corrected chi connectivity index (χ1v) is 13.3. The van der Waals surface area contributed by atoms with Crippen molar-refractivity contribution >= 4 is 38.9 Å². The number of rotatable bonds is 6. The summed E-state index contributed by atoms with van der Waals surface area (Å²) in [4.78, 5) is 18.0. The van der Waals surface area contributed by atoms with Crippen LogP contribution in [-0.2, 0) is 14.8 Å². The molecule has 1 atom stereocenters. The minimum Gasteiger partial charge on any atom is -0.369 e. The zero-order chi connectivity index (χ0) is 23.6. The van der Waals surface area contributed by atoms with Gasteiger partial charge < -0.3 is 15.1 Å². The molecule has 0 spiro atoms. The van der Waals surface area contributed by atoms with Crippen molar-refractivity contribution in [3.63, 3.8) is 0 Å². The molecule has 33 heavy (non-hydrogen) atoms. The van der Waals surface area contributed by atoms with Gasteiger partial charge in [0.2, 0.25) is 15.9 Å². The highest BCUT2D eigenvalue weighted by Crippen LogP contribution is 2.29. The van der Waals surface area contributed by atoms with Crippen molar-refractivity contribution in [3.8, 4) is 0 Å². The van der Waals surface area contributed by atoms with E-state index >= 15 is 0 Å². The second-order valence-corrected chi connectivity index (χ2v) is 11.0. The Morgan fingerprint density at radius 3 is 2.39 bits per heavy atom. The number of likely N-dealkylation sites (N-methyl/N-ethyl adjacent to an activating group) is 1. The average molecular weight is 491 g/mol. The smallest absolute Gasteiger partial charge is 0.243 e. The predicted molar refractivity (Wildman–Crippen MR) is 133 cm³/mol. The van der Waals surface area contributed by atoms with Crippen LogP contribution in [0.3, 0.4) is 0 Å². The molecule has 0 aliphatic carbocycles. The van der Waals surface area contributed by atoms with Gasteiger partial charge >= 0.3 is 0 Å². The van der Waals surface area contributed by atoms with E-state index in [2.05, 4.69) is 22.0 Å². The van der Waals surface area contributed by atoms with Gasteiger partial charge in [0.25, 0.3) is 0 Å². The Morgan fingerprint density at radius 2 is 1.76 bits per heavy atom. The van der Waals surface area contributed by atoms with Gasteiger partial charge in [0, 0.05) is 49.1 Å². The standard InChI is InChI=1S/C24H31ClN4O3S/c1-3-27-13-15-28(16-14-27)22-11-8-20(17-18(22)2)26-24(30)23-5-4-12-29(23)33(31,32)21-9-6-19(25)7-10-21/h6-11,17,23H,3-5,12-16H2,1-2H3,(H,26,30)/t23-/m0/s1. The van der Waals surface area contributed by atoms with Crippen LogP contribution in [0.1, 0.15) is 25.3 Å². The first kappa shape index (κ1) is 24.0. The van der Waals surface area contributed by atoms with Crippen LogP contribution in [0.15, 0.2) is 47.4 Å². The fourth-order valence-corrected chi connectivity index (χ4v) is 6.43. The molecule has 7 nitrogen and oxygen atoms in total. The van der Waals surface area contributed by atoms with E-state index in [4.69, 9.17) is 11.6 Å². The summed E-state index contributed by atoms with van der Waals surface area (Å²) in [6.07, 6.45) is 1.14. The summed E-state index contributed by atoms with van der Waals surface area (Å²) in [7, 11) is -3.77. The number of aryl methyl sites for hydroxylation is 1. The van der Waals surface area contributed by atoms with Gasteiger partial charge in [-0.3, -0.25) is 4.79 Å². The number of sulfonamides is 1. The summed E-state index contributed by atoms with van der Waals surface area (Å²) in [5.41, 5.74) is 2.95. The van der Waals surface area contributed by atoms with E-state index in [9.17, 15) is 13.2 Å². The summed E-state index contributed by atoms with van der Waals surface area (Å²) < 4.78 is 27.6. The molecule has 2 aliphatic rings. The highest BCUT2D eigenvalue weighted by molar-refractivity contribution is 7.89. The third-order valence-corrected chi connectivity index (χ3v) is 8.73. The maximum Gasteiger partial charge on any atom is 0.243 e. The maximum atomic E-state index is 13.1. The van der Waals surface area contributed by atoms with Gasteiger partial charge in [0.15, 0.2) is 0 Å². The second kappa shape index (κ2) is 10.0. The molecule has 1 N–H and O–H groups in total. The maximum absolute atomic E-state index is 13.1. The number of carbonyl (C=O) groups excluding carboxylic acids is 1. The van der Waals surface area contributed by atoms with E-state index in [-0.39, 0.29) is 10.8 Å². The highest BCUT2D eigenvalue weighted by atomic mass is 35.5. The number of anilines is 2. The molecule has 9 heteroatoms. The average Bonchev–Trinajstić information content (AvgIpc) is 3.31. The fourth-order valence-electron chi connectivity index (χ4n) is 4.65.